The lowest BCUT2D eigenvalue weighted by atomic mass is 10.2. The minimum atomic E-state index is -0.233. The molecule has 0 aliphatic carbocycles. The normalized spacial score (nSPS) is 10.1. The molecular weight excluding hydrogens is 316 g/mol. The molecule has 92 valence electrons. The highest BCUT2D eigenvalue weighted by Gasteiger charge is 2.10. The molecular formula is C13H10BrClN2O. The first-order chi connectivity index (χ1) is 8.68. The van der Waals surface area contributed by atoms with Gasteiger partial charge in [0, 0.05) is 17.2 Å². The summed E-state index contributed by atoms with van der Waals surface area (Å²) in [5, 5.41) is 3.01. The summed E-state index contributed by atoms with van der Waals surface area (Å²) >= 11 is 9.28. The van der Waals surface area contributed by atoms with Crippen LogP contribution in [0, 0.1) is 0 Å². The van der Waals surface area contributed by atoms with Crippen LogP contribution < -0.4 is 5.32 Å². The predicted octanol–water partition coefficient (Wildman–Crippen LogP) is 3.43. The molecule has 0 bridgehead atoms. The number of hydrogen-bond donors (Lipinski definition) is 1. The van der Waals surface area contributed by atoms with Crippen molar-refractivity contribution in [1.29, 1.82) is 0 Å². The van der Waals surface area contributed by atoms with Gasteiger partial charge in [0.2, 0.25) is 0 Å². The van der Waals surface area contributed by atoms with E-state index < -0.39 is 0 Å². The zero-order valence-corrected chi connectivity index (χ0v) is 11.7. The van der Waals surface area contributed by atoms with Crippen molar-refractivity contribution in [2.75, 3.05) is 0 Å². The van der Waals surface area contributed by atoms with E-state index >= 15 is 0 Å². The smallest absolute Gasteiger partial charge is 0.254 e. The first-order valence-corrected chi connectivity index (χ1v) is 6.47. The number of aromatic nitrogens is 1. The van der Waals surface area contributed by atoms with Gasteiger partial charge in [-0.3, -0.25) is 4.79 Å². The van der Waals surface area contributed by atoms with Crippen molar-refractivity contribution in [2.24, 2.45) is 0 Å². The van der Waals surface area contributed by atoms with Crippen molar-refractivity contribution < 1.29 is 4.79 Å². The number of nitrogens with zero attached hydrogens (tertiary/aromatic N) is 1. The Morgan fingerprint density at radius 2 is 2.06 bits per heavy atom. The van der Waals surface area contributed by atoms with E-state index in [1.54, 1.807) is 18.3 Å². The quantitative estimate of drug-likeness (QED) is 0.879. The van der Waals surface area contributed by atoms with Crippen molar-refractivity contribution >= 4 is 33.4 Å². The molecule has 1 aromatic carbocycles. The van der Waals surface area contributed by atoms with E-state index in [1.807, 2.05) is 24.3 Å². The molecule has 0 saturated heterocycles. The Hall–Kier alpha value is -1.39. The van der Waals surface area contributed by atoms with Gasteiger partial charge in [-0.05, 0) is 23.8 Å². The van der Waals surface area contributed by atoms with Crippen LogP contribution in [0.5, 0.6) is 0 Å². The highest BCUT2D eigenvalue weighted by molar-refractivity contribution is 9.10. The average Bonchev–Trinajstić information content (AvgIpc) is 2.38. The molecule has 0 fully saturated rings. The van der Waals surface area contributed by atoms with E-state index in [-0.39, 0.29) is 11.1 Å². The number of carbonyl (C=O) groups excluding carboxylic acids is 1. The van der Waals surface area contributed by atoms with Gasteiger partial charge in [0.25, 0.3) is 5.91 Å². The van der Waals surface area contributed by atoms with Gasteiger partial charge in [-0.2, -0.15) is 0 Å². The van der Waals surface area contributed by atoms with Crippen LogP contribution in [0.25, 0.3) is 0 Å². The fourth-order valence-electron chi connectivity index (χ4n) is 1.47. The lowest BCUT2D eigenvalue weighted by molar-refractivity contribution is 0.0950. The molecule has 0 radical (unpaired) electrons. The van der Waals surface area contributed by atoms with Crippen molar-refractivity contribution in [1.82, 2.24) is 10.3 Å². The van der Waals surface area contributed by atoms with Gasteiger partial charge in [-0.25, -0.2) is 4.98 Å². The average molecular weight is 326 g/mol. The molecule has 0 aliphatic heterocycles. The second kappa shape index (κ2) is 5.98. The third kappa shape index (κ3) is 3.09. The van der Waals surface area contributed by atoms with E-state index in [2.05, 4.69) is 26.2 Å². The number of rotatable bonds is 3. The molecule has 0 spiro atoms. The molecule has 0 atom stereocenters. The van der Waals surface area contributed by atoms with Crippen LogP contribution in [0.1, 0.15) is 15.9 Å². The molecule has 0 unspecified atom stereocenters. The Kier molecular flexibility index (Phi) is 4.33. The van der Waals surface area contributed by atoms with Crippen LogP contribution in [-0.4, -0.2) is 10.9 Å². The molecule has 0 saturated carbocycles. The van der Waals surface area contributed by atoms with E-state index in [0.717, 1.165) is 10.0 Å². The van der Waals surface area contributed by atoms with E-state index in [1.165, 1.54) is 0 Å². The maximum absolute atomic E-state index is 11.9. The van der Waals surface area contributed by atoms with Crippen molar-refractivity contribution in [3.05, 3.63) is 63.3 Å². The van der Waals surface area contributed by atoms with Crippen LogP contribution in [0.2, 0.25) is 5.15 Å². The largest absolute Gasteiger partial charge is 0.348 e. The lowest BCUT2D eigenvalue weighted by Gasteiger charge is -2.07. The fourth-order valence-corrected chi connectivity index (χ4v) is 2.10. The van der Waals surface area contributed by atoms with Crippen LogP contribution >= 0.6 is 27.5 Å². The van der Waals surface area contributed by atoms with Crippen molar-refractivity contribution in [3.63, 3.8) is 0 Å². The minimum absolute atomic E-state index is 0.210. The maximum atomic E-state index is 11.9. The Labute approximate surface area is 118 Å². The predicted molar refractivity (Wildman–Crippen MR) is 74.6 cm³/mol. The monoisotopic (exact) mass is 324 g/mol. The Bertz CT molecular complexity index is 574. The third-order valence-corrected chi connectivity index (χ3v) is 3.48. The summed E-state index contributed by atoms with van der Waals surface area (Å²) < 4.78 is 0.961. The summed E-state index contributed by atoms with van der Waals surface area (Å²) in [5.41, 5.74) is 1.39. The highest BCUT2D eigenvalue weighted by atomic mass is 79.9. The molecule has 18 heavy (non-hydrogen) atoms. The number of nitrogens with one attached hydrogen (secondary N) is 1. The third-order valence-electron chi connectivity index (χ3n) is 2.40. The van der Waals surface area contributed by atoms with E-state index in [9.17, 15) is 4.79 Å². The SMILES string of the molecule is O=C(NCc1ccccc1Br)c1cccnc1Cl. The molecule has 2 rings (SSSR count). The summed E-state index contributed by atoms with van der Waals surface area (Å²) in [4.78, 5) is 15.8. The Morgan fingerprint density at radius 3 is 2.78 bits per heavy atom. The standard InChI is InChI=1S/C13H10BrClN2O/c14-11-6-2-1-4-9(11)8-17-13(18)10-5-3-7-16-12(10)15/h1-7H,8H2,(H,17,18). The zero-order chi connectivity index (χ0) is 13.0. The minimum Gasteiger partial charge on any atom is -0.348 e. The van der Waals surface area contributed by atoms with Crippen LogP contribution in [-0.2, 0) is 6.54 Å². The van der Waals surface area contributed by atoms with Gasteiger partial charge in [0.1, 0.15) is 5.15 Å². The van der Waals surface area contributed by atoms with Gasteiger partial charge in [-0.15, -0.1) is 0 Å². The molecule has 5 heteroatoms. The maximum Gasteiger partial charge on any atom is 0.254 e. The molecule has 1 N–H and O–H groups in total. The number of pyridine rings is 1. The molecule has 1 heterocycles. The number of amides is 1. The Balaban J connectivity index is 2.06. The zero-order valence-electron chi connectivity index (χ0n) is 9.36. The fraction of sp³-hybridized carbons (Fsp3) is 0.0769. The van der Waals surface area contributed by atoms with Gasteiger partial charge < -0.3 is 5.32 Å². The topological polar surface area (TPSA) is 42.0 Å². The van der Waals surface area contributed by atoms with Crippen molar-refractivity contribution in [3.8, 4) is 0 Å². The summed E-state index contributed by atoms with van der Waals surface area (Å²) in [5.74, 6) is -0.233. The molecule has 3 nitrogen and oxygen atoms in total. The van der Waals surface area contributed by atoms with Crippen LogP contribution in [0.4, 0.5) is 0 Å². The van der Waals surface area contributed by atoms with Gasteiger partial charge >= 0.3 is 0 Å². The first kappa shape index (κ1) is 13.1. The number of hydrogen-bond acceptors (Lipinski definition) is 2. The van der Waals surface area contributed by atoms with E-state index in [0.29, 0.717) is 12.1 Å². The lowest BCUT2D eigenvalue weighted by Crippen LogP contribution is -2.23. The number of halogens is 2. The van der Waals surface area contributed by atoms with E-state index in [4.69, 9.17) is 11.6 Å². The Morgan fingerprint density at radius 1 is 1.28 bits per heavy atom. The molecule has 2 aromatic rings. The van der Waals surface area contributed by atoms with Gasteiger partial charge in [0.15, 0.2) is 0 Å². The molecule has 0 aliphatic rings. The number of carbonyl (C=O) groups is 1. The summed E-state index contributed by atoms with van der Waals surface area (Å²) in [6.07, 6.45) is 1.55. The van der Waals surface area contributed by atoms with Crippen LogP contribution in [0.3, 0.4) is 0 Å². The van der Waals surface area contributed by atoms with Crippen molar-refractivity contribution in [2.45, 2.75) is 6.54 Å². The van der Waals surface area contributed by atoms with Crippen LogP contribution in [0.15, 0.2) is 47.1 Å². The number of benzene rings is 1. The first-order valence-electron chi connectivity index (χ1n) is 5.30. The van der Waals surface area contributed by atoms with Gasteiger partial charge in [-0.1, -0.05) is 45.7 Å². The second-order valence-corrected chi connectivity index (χ2v) is 4.83. The molecule has 1 amide bonds. The summed E-state index contributed by atoms with van der Waals surface area (Å²) in [6.45, 7) is 0.436. The molecule has 1 aromatic heterocycles. The summed E-state index contributed by atoms with van der Waals surface area (Å²) in [6, 6.07) is 11.0. The summed E-state index contributed by atoms with van der Waals surface area (Å²) in [7, 11) is 0. The highest BCUT2D eigenvalue weighted by Crippen LogP contribution is 2.16. The van der Waals surface area contributed by atoms with Gasteiger partial charge in [0.05, 0.1) is 5.56 Å². The second-order valence-electron chi connectivity index (χ2n) is 3.62.